The normalized spacial score (nSPS) is 14.6. The maximum Gasteiger partial charge on any atom is 0.405 e. The number of aromatic nitrogens is 3. The van der Waals surface area contributed by atoms with Crippen LogP contribution in [0.5, 0.6) is 5.75 Å². The topological polar surface area (TPSA) is 136 Å². The van der Waals surface area contributed by atoms with Crippen molar-refractivity contribution in [1.29, 1.82) is 5.41 Å². The van der Waals surface area contributed by atoms with Gasteiger partial charge < -0.3 is 31.4 Å². The van der Waals surface area contributed by atoms with Crippen molar-refractivity contribution in [2.24, 2.45) is 5.92 Å². The molecule has 0 spiro atoms. The number of carbonyl (C=O) groups excluding carboxylic acids is 1. The fourth-order valence-electron chi connectivity index (χ4n) is 4.31. The van der Waals surface area contributed by atoms with E-state index in [2.05, 4.69) is 27.0 Å². The second-order valence-corrected chi connectivity index (χ2v) is 9.81. The summed E-state index contributed by atoms with van der Waals surface area (Å²) in [6, 6.07) is 9.89. The first-order valence-corrected chi connectivity index (χ1v) is 12.4. The lowest BCUT2D eigenvalue weighted by molar-refractivity contribution is -0.123. The maximum absolute atomic E-state index is 12.8. The molecule has 1 amide bonds. The molecule has 13 heteroatoms. The number of anilines is 2. The summed E-state index contributed by atoms with van der Waals surface area (Å²) < 4.78 is 39.7. The van der Waals surface area contributed by atoms with Crippen LogP contribution in [0.15, 0.2) is 36.4 Å². The van der Waals surface area contributed by atoms with Crippen LogP contribution in [-0.4, -0.2) is 82.3 Å². The molecule has 5 N–H and O–H groups in total. The Morgan fingerprint density at radius 2 is 1.72 bits per heavy atom. The lowest BCUT2D eigenvalue weighted by Gasteiger charge is -2.34. The molecule has 39 heavy (non-hydrogen) atoms. The highest BCUT2D eigenvalue weighted by Crippen LogP contribution is 2.35. The monoisotopic (exact) mass is 544 g/mol. The Kier molecular flexibility index (Phi) is 7.82. The Hall–Kier alpha value is -4.13. The molecule has 1 aromatic heterocycles. The lowest BCUT2D eigenvalue weighted by atomic mass is 9.96. The van der Waals surface area contributed by atoms with Crippen molar-refractivity contribution in [2.45, 2.75) is 20.0 Å². The summed E-state index contributed by atoms with van der Waals surface area (Å²) in [5.41, 5.74) is 8.31. The highest BCUT2D eigenvalue weighted by atomic mass is 19.4. The van der Waals surface area contributed by atoms with E-state index in [4.69, 9.17) is 11.1 Å². The zero-order chi connectivity index (χ0) is 28.5. The number of carbonyl (C=O) groups is 1. The molecule has 0 unspecified atom stereocenters. The van der Waals surface area contributed by atoms with E-state index in [1.165, 1.54) is 16.7 Å². The number of nitrogens with one attached hydrogen (secondary N) is 2. The average molecular weight is 545 g/mol. The number of hydrogen-bond donors (Lipinski definition) is 4. The highest BCUT2D eigenvalue weighted by molar-refractivity contribution is 6.05. The highest BCUT2D eigenvalue weighted by Gasteiger charge is 2.30. The van der Waals surface area contributed by atoms with Gasteiger partial charge in [0, 0.05) is 60.6 Å². The van der Waals surface area contributed by atoms with Crippen molar-refractivity contribution < 1.29 is 23.1 Å². The van der Waals surface area contributed by atoms with Crippen LogP contribution in [-0.2, 0) is 0 Å². The van der Waals surface area contributed by atoms with E-state index in [1.54, 1.807) is 12.1 Å². The molecule has 0 radical (unpaired) electrons. The summed E-state index contributed by atoms with van der Waals surface area (Å²) in [5.74, 6) is -1.92. The zero-order valence-electron chi connectivity index (χ0n) is 21.9. The average Bonchev–Trinajstić information content (AvgIpc) is 3.32. The number of nitrogens with zero attached hydrogens (tertiary/aromatic N) is 5. The van der Waals surface area contributed by atoms with E-state index < -0.39 is 24.5 Å². The number of halogens is 3. The molecule has 3 aromatic rings. The fourth-order valence-corrected chi connectivity index (χ4v) is 4.31. The van der Waals surface area contributed by atoms with Gasteiger partial charge in [-0.2, -0.15) is 13.2 Å². The maximum atomic E-state index is 12.8. The Balaban J connectivity index is 1.80. The van der Waals surface area contributed by atoms with Gasteiger partial charge in [-0.25, -0.2) is 0 Å². The smallest absolute Gasteiger partial charge is 0.405 e. The van der Waals surface area contributed by atoms with Crippen molar-refractivity contribution in [3.63, 3.8) is 0 Å². The van der Waals surface area contributed by atoms with E-state index in [9.17, 15) is 23.1 Å². The summed E-state index contributed by atoms with van der Waals surface area (Å²) in [6.07, 6.45) is -4.62. The van der Waals surface area contributed by atoms with E-state index >= 15 is 0 Å². The van der Waals surface area contributed by atoms with Crippen LogP contribution < -0.4 is 16.0 Å². The molecular formula is C26H31F3N8O2. The van der Waals surface area contributed by atoms with Gasteiger partial charge in [0.1, 0.15) is 12.3 Å². The van der Waals surface area contributed by atoms with Crippen molar-refractivity contribution in [3.05, 3.63) is 47.8 Å². The van der Waals surface area contributed by atoms with Crippen LogP contribution in [0.2, 0.25) is 0 Å². The number of phenols is 1. The van der Waals surface area contributed by atoms with Crippen molar-refractivity contribution in [3.8, 4) is 22.8 Å². The van der Waals surface area contributed by atoms with Crippen LogP contribution in [0.4, 0.5) is 24.5 Å². The first-order chi connectivity index (χ1) is 18.4. The lowest BCUT2D eigenvalue weighted by Crippen LogP contribution is -2.44. The molecule has 4 rings (SSSR count). The standard InChI is InChI=1S/C26H31F3N8O2/c1-15(2)22(31)18-12-19(21(38)13-20(18)30)23-33-34-24(25(39)32-14-26(27,28)29)37(23)17-6-4-16(5-7-17)36-10-8-35(3)9-11-36/h4-7,12-13,15,31,38H,8-11,14,30H2,1-3H3,(H,32,39). The summed E-state index contributed by atoms with van der Waals surface area (Å²) in [5, 5.41) is 29.0. The van der Waals surface area contributed by atoms with E-state index in [0.29, 0.717) is 11.3 Å². The van der Waals surface area contributed by atoms with Crippen molar-refractivity contribution in [2.75, 3.05) is 50.4 Å². The first-order valence-electron chi connectivity index (χ1n) is 12.4. The van der Waals surface area contributed by atoms with Gasteiger partial charge in [-0.15, -0.1) is 10.2 Å². The van der Waals surface area contributed by atoms with Gasteiger partial charge in [0.2, 0.25) is 5.82 Å². The minimum Gasteiger partial charge on any atom is -0.507 e. The molecule has 2 aromatic carbocycles. The molecule has 2 heterocycles. The third-order valence-electron chi connectivity index (χ3n) is 6.57. The fraction of sp³-hybridized carbons (Fsp3) is 0.385. The molecule has 0 aliphatic carbocycles. The number of nitrogen functional groups attached to an aromatic ring is 1. The van der Waals surface area contributed by atoms with Crippen LogP contribution in [0.3, 0.4) is 0 Å². The molecule has 0 bridgehead atoms. The van der Waals surface area contributed by atoms with Crippen molar-refractivity contribution in [1.82, 2.24) is 25.0 Å². The predicted molar refractivity (Wildman–Crippen MR) is 143 cm³/mol. The number of rotatable bonds is 7. The van der Waals surface area contributed by atoms with Crippen LogP contribution in [0.25, 0.3) is 17.1 Å². The molecular weight excluding hydrogens is 513 g/mol. The minimum absolute atomic E-state index is 0.00909. The van der Waals surface area contributed by atoms with Gasteiger partial charge in [0.25, 0.3) is 5.91 Å². The number of nitrogens with two attached hydrogens (primary N) is 1. The van der Waals surface area contributed by atoms with Gasteiger partial charge in [-0.1, -0.05) is 13.8 Å². The molecule has 10 nitrogen and oxygen atoms in total. The van der Waals surface area contributed by atoms with Gasteiger partial charge in [-0.05, 0) is 43.3 Å². The zero-order valence-corrected chi connectivity index (χ0v) is 21.9. The number of hydrogen-bond acceptors (Lipinski definition) is 8. The third kappa shape index (κ3) is 6.14. The Morgan fingerprint density at radius 1 is 1.10 bits per heavy atom. The number of amides is 1. The summed E-state index contributed by atoms with van der Waals surface area (Å²) in [4.78, 5) is 17.3. The second-order valence-electron chi connectivity index (χ2n) is 9.81. The predicted octanol–water partition coefficient (Wildman–Crippen LogP) is 3.29. The number of alkyl halides is 3. The second kappa shape index (κ2) is 10.9. The van der Waals surface area contributed by atoms with Gasteiger partial charge in [0.15, 0.2) is 5.82 Å². The molecule has 0 atom stereocenters. The molecule has 1 aliphatic heterocycles. The van der Waals surface area contributed by atoms with Gasteiger partial charge in [0.05, 0.1) is 5.56 Å². The molecule has 1 aliphatic rings. The van der Waals surface area contributed by atoms with Gasteiger partial charge >= 0.3 is 6.18 Å². The summed E-state index contributed by atoms with van der Waals surface area (Å²) >= 11 is 0. The van der Waals surface area contributed by atoms with E-state index in [0.717, 1.165) is 31.9 Å². The van der Waals surface area contributed by atoms with Crippen LogP contribution in [0, 0.1) is 11.3 Å². The van der Waals surface area contributed by atoms with Crippen molar-refractivity contribution >= 4 is 23.0 Å². The number of phenolic OH excluding ortho intramolecular Hbond substituents is 1. The molecule has 1 saturated heterocycles. The summed E-state index contributed by atoms with van der Waals surface area (Å²) in [6.45, 7) is 5.59. The van der Waals surface area contributed by atoms with E-state index in [-0.39, 0.29) is 34.5 Å². The minimum atomic E-state index is -4.62. The molecule has 208 valence electrons. The largest absolute Gasteiger partial charge is 0.507 e. The number of aromatic hydroxyl groups is 1. The first kappa shape index (κ1) is 27.9. The van der Waals surface area contributed by atoms with Crippen LogP contribution >= 0.6 is 0 Å². The Morgan fingerprint density at radius 3 is 2.31 bits per heavy atom. The Bertz CT molecular complexity index is 1360. The third-order valence-corrected chi connectivity index (χ3v) is 6.57. The molecule has 0 saturated carbocycles. The van der Waals surface area contributed by atoms with E-state index in [1.807, 2.05) is 31.3 Å². The number of piperazine rings is 1. The number of benzene rings is 2. The summed E-state index contributed by atoms with van der Waals surface area (Å²) in [7, 11) is 2.06. The Labute approximate surface area is 223 Å². The quantitative estimate of drug-likeness (QED) is 0.265. The molecule has 1 fully saturated rings. The SMILES string of the molecule is CC(C)C(=N)c1cc(-c2nnc(C(=O)NCC(F)(F)F)n2-c2ccc(N3CCN(C)CC3)cc2)c(O)cc1N. The number of likely N-dealkylation sites (N-methyl/N-ethyl adjacent to an activating group) is 1. The van der Waals surface area contributed by atoms with Gasteiger partial charge in [-0.3, -0.25) is 9.36 Å². The van der Waals surface area contributed by atoms with Crippen LogP contribution in [0.1, 0.15) is 30.0 Å².